The van der Waals surface area contributed by atoms with E-state index in [0.717, 1.165) is 4.70 Å². The van der Waals surface area contributed by atoms with Crippen LogP contribution in [0.25, 0.3) is 10.2 Å². The van der Waals surface area contributed by atoms with Crippen molar-refractivity contribution >= 4 is 67.4 Å². The highest BCUT2D eigenvalue weighted by molar-refractivity contribution is 7.22. The lowest BCUT2D eigenvalue weighted by Crippen LogP contribution is -2.11. The van der Waals surface area contributed by atoms with E-state index in [1.54, 1.807) is 30.3 Å². The van der Waals surface area contributed by atoms with Crippen molar-refractivity contribution in [1.29, 1.82) is 0 Å². The molecule has 0 saturated heterocycles. The van der Waals surface area contributed by atoms with Crippen LogP contribution in [0.1, 0.15) is 10.4 Å². The third-order valence-electron chi connectivity index (χ3n) is 2.76. The average molecular weight is 358 g/mol. The summed E-state index contributed by atoms with van der Waals surface area (Å²) in [4.78, 5) is 16.4. The summed E-state index contributed by atoms with van der Waals surface area (Å²) in [7, 11) is 0. The van der Waals surface area contributed by atoms with Gasteiger partial charge in [0, 0.05) is 10.6 Å². The second-order valence-electron chi connectivity index (χ2n) is 4.19. The first-order valence-electron chi connectivity index (χ1n) is 5.86. The molecule has 106 valence electrons. The van der Waals surface area contributed by atoms with E-state index in [1.807, 2.05) is 6.07 Å². The molecule has 0 atom stereocenters. The van der Waals surface area contributed by atoms with E-state index in [4.69, 9.17) is 34.8 Å². The lowest BCUT2D eigenvalue weighted by molar-refractivity contribution is 0.102. The fourth-order valence-electron chi connectivity index (χ4n) is 1.79. The third kappa shape index (κ3) is 2.99. The fraction of sp³-hybridized carbons (Fsp3) is 0. The zero-order valence-corrected chi connectivity index (χ0v) is 13.4. The molecule has 21 heavy (non-hydrogen) atoms. The standard InChI is InChI=1S/C14H7Cl3N2OS/c15-8-3-1-2-7(6-8)13(20)19-14-18-12-10(21-14)5-4-9(16)11(12)17/h1-6H,(H,18,19,20). The van der Waals surface area contributed by atoms with Gasteiger partial charge >= 0.3 is 0 Å². The SMILES string of the molecule is O=C(Nc1nc2c(Cl)c(Cl)ccc2s1)c1cccc(Cl)c1. The van der Waals surface area contributed by atoms with E-state index in [9.17, 15) is 4.79 Å². The van der Waals surface area contributed by atoms with Crippen LogP contribution in [0.15, 0.2) is 36.4 Å². The van der Waals surface area contributed by atoms with Gasteiger partial charge in [0.15, 0.2) is 5.13 Å². The number of amides is 1. The molecular weight excluding hydrogens is 351 g/mol. The Hall–Kier alpha value is -1.33. The summed E-state index contributed by atoms with van der Waals surface area (Å²) in [6.45, 7) is 0. The minimum absolute atomic E-state index is 0.279. The van der Waals surface area contributed by atoms with Crippen molar-refractivity contribution in [3.8, 4) is 0 Å². The average Bonchev–Trinajstić information content (AvgIpc) is 2.86. The van der Waals surface area contributed by atoms with Crippen LogP contribution in [-0.4, -0.2) is 10.9 Å². The number of hydrogen-bond donors (Lipinski definition) is 1. The zero-order chi connectivity index (χ0) is 15.0. The summed E-state index contributed by atoms with van der Waals surface area (Å²) in [5, 5.41) is 4.50. The Kier molecular flexibility index (Phi) is 4.04. The van der Waals surface area contributed by atoms with Crippen LogP contribution >= 0.6 is 46.1 Å². The van der Waals surface area contributed by atoms with Gasteiger partial charge in [-0.3, -0.25) is 10.1 Å². The summed E-state index contributed by atoms with van der Waals surface area (Å²) >= 11 is 19.2. The molecule has 1 N–H and O–H groups in total. The molecule has 0 aliphatic carbocycles. The van der Waals surface area contributed by atoms with Crippen LogP contribution in [0.5, 0.6) is 0 Å². The summed E-state index contributed by atoms with van der Waals surface area (Å²) in [6.07, 6.45) is 0. The first-order valence-corrected chi connectivity index (χ1v) is 7.81. The van der Waals surface area contributed by atoms with Crippen LogP contribution in [0.4, 0.5) is 5.13 Å². The molecule has 0 radical (unpaired) electrons. The van der Waals surface area contributed by atoms with Crippen LogP contribution in [-0.2, 0) is 0 Å². The van der Waals surface area contributed by atoms with Gasteiger partial charge < -0.3 is 0 Å². The van der Waals surface area contributed by atoms with Gasteiger partial charge in [-0.2, -0.15) is 0 Å². The van der Waals surface area contributed by atoms with Gasteiger partial charge in [0.1, 0.15) is 5.52 Å². The molecule has 3 aromatic rings. The number of fused-ring (bicyclic) bond motifs is 1. The van der Waals surface area contributed by atoms with Crippen molar-refractivity contribution in [2.45, 2.75) is 0 Å². The van der Waals surface area contributed by atoms with E-state index in [0.29, 0.717) is 31.3 Å². The molecule has 0 saturated carbocycles. The van der Waals surface area contributed by atoms with E-state index >= 15 is 0 Å². The number of rotatable bonds is 2. The van der Waals surface area contributed by atoms with E-state index in [2.05, 4.69) is 10.3 Å². The lowest BCUT2D eigenvalue weighted by atomic mass is 10.2. The monoisotopic (exact) mass is 356 g/mol. The van der Waals surface area contributed by atoms with Crippen LogP contribution < -0.4 is 5.32 Å². The number of benzene rings is 2. The van der Waals surface area contributed by atoms with E-state index < -0.39 is 0 Å². The maximum atomic E-state index is 12.1. The molecule has 1 heterocycles. The fourth-order valence-corrected chi connectivity index (χ4v) is 3.27. The second kappa shape index (κ2) is 5.81. The summed E-state index contributed by atoms with van der Waals surface area (Å²) in [5.41, 5.74) is 1.04. The number of nitrogens with zero attached hydrogens (tertiary/aromatic N) is 1. The Labute approximate surface area is 139 Å². The highest BCUT2D eigenvalue weighted by Crippen LogP contribution is 2.35. The van der Waals surface area contributed by atoms with Gasteiger partial charge in [0.2, 0.25) is 0 Å². The molecular formula is C14H7Cl3N2OS. The number of nitrogens with one attached hydrogen (secondary N) is 1. The highest BCUT2D eigenvalue weighted by Gasteiger charge is 2.13. The van der Waals surface area contributed by atoms with Gasteiger partial charge in [-0.05, 0) is 30.3 Å². The quantitative estimate of drug-likeness (QED) is 0.657. The van der Waals surface area contributed by atoms with E-state index in [-0.39, 0.29) is 5.91 Å². The van der Waals surface area contributed by atoms with Crippen molar-refractivity contribution < 1.29 is 4.79 Å². The van der Waals surface area contributed by atoms with Crippen molar-refractivity contribution in [2.75, 3.05) is 5.32 Å². The highest BCUT2D eigenvalue weighted by atomic mass is 35.5. The Morgan fingerprint density at radius 3 is 2.71 bits per heavy atom. The molecule has 2 aromatic carbocycles. The Morgan fingerprint density at radius 2 is 1.95 bits per heavy atom. The second-order valence-corrected chi connectivity index (χ2v) is 6.44. The molecule has 0 spiro atoms. The first kappa shape index (κ1) is 14.6. The molecule has 3 nitrogen and oxygen atoms in total. The Balaban J connectivity index is 1.91. The largest absolute Gasteiger partial charge is 0.298 e. The van der Waals surface area contributed by atoms with Gasteiger partial charge in [0.25, 0.3) is 5.91 Å². The van der Waals surface area contributed by atoms with Gasteiger partial charge in [-0.25, -0.2) is 4.98 Å². The molecule has 0 fully saturated rings. The zero-order valence-electron chi connectivity index (χ0n) is 10.4. The predicted molar refractivity (Wildman–Crippen MR) is 89.0 cm³/mol. The topological polar surface area (TPSA) is 42.0 Å². The number of aromatic nitrogens is 1. The minimum Gasteiger partial charge on any atom is -0.298 e. The van der Waals surface area contributed by atoms with Crippen LogP contribution in [0.3, 0.4) is 0 Å². The molecule has 1 amide bonds. The number of carbonyl (C=O) groups excluding carboxylic acids is 1. The lowest BCUT2D eigenvalue weighted by Gasteiger charge is -2.01. The summed E-state index contributed by atoms with van der Waals surface area (Å²) in [6, 6.07) is 10.2. The summed E-state index contributed by atoms with van der Waals surface area (Å²) in [5.74, 6) is -0.279. The van der Waals surface area contributed by atoms with Crippen molar-refractivity contribution in [2.24, 2.45) is 0 Å². The molecule has 1 aromatic heterocycles. The predicted octanol–water partition coefficient (Wildman–Crippen LogP) is 5.51. The Bertz CT molecular complexity index is 847. The molecule has 0 unspecified atom stereocenters. The number of thiazole rings is 1. The number of anilines is 1. The van der Waals surface area contributed by atoms with Crippen LogP contribution in [0, 0.1) is 0 Å². The number of halogens is 3. The summed E-state index contributed by atoms with van der Waals surface area (Å²) < 4.78 is 0.853. The number of carbonyl (C=O) groups is 1. The number of hydrogen-bond acceptors (Lipinski definition) is 3. The van der Waals surface area contributed by atoms with Gasteiger partial charge in [-0.1, -0.05) is 52.2 Å². The maximum absolute atomic E-state index is 12.1. The normalized spacial score (nSPS) is 10.8. The molecule has 0 aliphatic rings. The molecule has 0 aliphatic heterocycles. The first-order chi connectivity index (χ1) is 10.0. The van der Waals surface area contributed by atoms with Gasteiger partial charge in [0.05, 0.1) is 14.7 Å². The molecule has 3 rings (SSSR count). The van der Waals surface area contributed by atoms with Crippen molar-refractivity contribution in [3.05, 3.63) is 57.0 Å². The molecule has 7 heteroatoms. The van der Waals surface area contributed by atoms with E-state index in [1.165, 1.54) is 11.3 Å². The minimum atomic E-state index is -0.279. The van der Waals surface area contributed by atoms with Gasteiger partial charge in [-0.15, -0.1) is 0 Å². The third-order valence-corrected chi connectivity index (χ3v) is 4.72. The Morgan fingerprint density at radius 1 is 1.14 bits per heavy atom. The smallest absolute Gasteiger partial charge is 0.257 e. The maximum Gasteiger partial charge on any atom is 0.257 e. The molecule has 0 bridgehead atoms. The van der Waals surface area contributed by atoms with Crippen molar-refractivity contribution in [1.82, 2.24) is 4.98 Å². The van der Waals surface area contributed by atoms with Crippen LogP contribution in [0.2, 0.25) is 15.1 Å². The van der Waals surface area contributed by atoms with Crippen molar-refractivity contribution in [3.63, 3.8) is 0 Å².